The van der Waals surface area contributed by atoms with E-state index in [0.717, 1.165) is 0 Å². The van der Waals surface area contributed by atoms with E-state index in [2.05, 4.69) is 9.97 Å². The quantitative estimate of drug-likeness (QED) is 0.466. The Hall–Kier alpha value is -1.88. The number of nitrogens with zero attached hydrogens (tertiary/aromatic N) is 2. The smallest absolute Gasteiger partial charge is 0.308 e. The van der Waals surface area contributed by atoms with Crippen LogP contribution in [0.5, 0.6) is 11.5 Å². The number of hydrogen-bond donors (Lipinski definition) is 0. The molecule has 2 rings (SSSR count). The second-order valence-electron chi connectivity index (χ2n) is 3.25. The van der Waals surface area contributed by atoms with Gasteiger partial charge in [-0.25, -0.2) is 9.97 Å². The van der Waals surface area contributed by atoms with Gasteiger partial charge < -0.3 is 9.47 Å². The first-order valence-corrected chi connectivity index (χ1v) is 5.17. The van der Waals surface area contributed by atoms with E-state index in [4.69, 9.17) is 21.1 Å². The van der Waals surface area contributed by atoms with Gasteiger partial charge in [-0.2, -0.15) is 0 Å². The van der Waals surface area contributed by atoms with Gasteiger partial charge in [-0.1, -0.05) is 11.6 Å². The number of esters is 1. The minimum atomic E-state index is -0.462. The van der Waals surface area contributed by atoms with Crippen molar-refractivity contribution < 1.29 is 14.3 Å². The molecule has 17 heavy (non-hydrogen) atoms. The van der Waals surface area contributed by atoms with Gasteiger partial charge in [0.2, 0.25) is 0 Å². The summed E-state index contributed by atoms with van der Waals surface area (Å²) >= 11 is 5.98. The molecule has 0 bridgehead atoms. The molecule has 0 aliphatic rings. The summed E-state index contributed by atoms with van der Waals surface area (Å²) < 4.78 is 10.2. The third-order valence-corrected chi connectivity index (χ3v) is 2.43. The fourth-order valence-corrected chi connectivity index (χ4v) is 1.70. The number of aromatic nitrogens is 2. The summed E-state index contributed by atoms with van der Waals surface area (Å²) in [6.45, 7) is 1.30. The lowest BCUT2D eigenvalue weighted by molar-refractivity contribution is -0.131. The zero-order valence-electron chi connectivity index (χ0n) is 9.23. The average molecular weight is 253 g/mol. The number of hydrogen-bond acceptors (Lipinski definition) is 5. The molecule has 5 nitrogen and oxygen atoms in total. The van der Waals surface area contributed by atoms with Crippen LogP contribution in [0.25, 0.3) is 10.9 Å². The predicted molar refractivity (Wildman–Crippen MR) is 62.4 cm³/mol. The van der Waals surface area contributed by atoms with Crippen LogP contribution in [0.1, 0.15) is 6.92 Å². The maximum absolute atomic E-state index is 11.1. The molecule has 0 aliphatic heterocycles. The molecule has 1 aromatic carbocycles. The average Bonchev–Trinajstić information content (AvgIpc) is 2.28. The molecule has 0 unspecified atom stereocenters. The van der Waals surface area contributed by atoms with Crippen molar-refractivity contribution in [3.63, 3.8) is 0 Å². The van der Waals surface area contributed by atoms with Crippen molar-refractivity contribution in [2.45, 2.75) is 6.92 Å². The van der Waals surface area contributed by atoms with Crippen LogP contribution in [0.4, 0.5) is 0 Å². The number of carbonyl (C=O) groups excluding carboxylic acids is 1. The van der Waals surface area contributed by atoms with Crippen LogP contribution in [-0.4, -0.2) is 23.0 Å². The summed E-state index contributed by atoms with van der Waals surface area (Å²) in [5.74, 6) is 0.184. The van der Waals surface area contributed by atoms with Crippen LogP contribution in [0.2, 0.25) is 5.15 Å². The largest absolute Gasteiger partial charge is 0.493 e. The SMILES string of the molecule is COc1ccc2ncnc(Cl)c2c1OC(C)=O. The molecule has 1 heterocycles. The van der Waals surface area contributed by atoms with Gasteiger partial charge in [-0.15, -0.1) is 0 Å². The molecule has 0 radical (unpaired) electrons. The minimum Gasteiger partial charge on any atom is -0.493 e. The van der Waals surface area contributed by atoms with Gasteiger partial charge >= 0.3 is 5.97 Å². The minimum absolute atomic E-state index is 0.213. The van der Waals surface area contributed by atoms with Crippen LogP contribution in [0, 0.1) is 0 Å². The van der Waals surface area contributed by atoms with Crippen LogP contribution in [0.15, 0.2) is 18.5 Å². The highest BCUT2D eigenvalue weighted by Gasteiger charge is 2.15. The molecule has 0 fully saturated rings. The molecule has 0 amide bonds. The predicted octanol–water partition coefficient (Wildman–Crippen LogP) is 2.22. The molecule has 6 heteroatoms. The first-order valence-electron chi connectivity index (χ1n) is 4.79. The molecule has 88 valence electrons. The fraction of sp³-hybridized carbons (Fsp3) is 0.182. The number of ether oxygens (including phenoxy) is 2. The summed E-state index contributed by atoms with van der Waals surface area (Å²) in [6.07, 6.45) is 1.34. The highest BCUT2D eigenvalue weighted by molar-refractivity contribution is 6.34. The van der Waals surface area contributed by atoms with Crippen molar-refractivity contribution in [1.29, 1.82) is 0 Å². The second kappa shape index (κ2) is 4.55. The Bertz CT molecular complexity index is 586. The van der Waals surface area contributed by atoms with Crippen LogP contribution in [-0.2, 0) is 4.79 Å². The Morgan fingerprint density at radius 1 is 1.35 bits per heavy atom. The van der Waals surface area contributed by atoms with E-state index in [1.807, 2.05) is 0 Å². The Morgan fingerprint density at radius 3 is 2.76 bits per heavy atom. The lowest BCUT2D eigenvalue weighted by Crippen LogP contribution is -2.04. The van der Waals surface area contributed by atoms with E-state index in [0.29, 0.717) is 16.7 Å². The number of methoxy groups -OCH3 is 1. The lowest BCUT2D eigenvalue weighted by atomic mass is 10.2. The number of carbonyl (C=O) groups is 1. The summed E-state index contributed by atoms with van der Waals surface area (Å²) in [5.41, 5.74) is 0.585. The van der Waals surface area contributed by atoms with Crippen molar-refractivity contribution in [1.82, 2.24) is 9.97 Å². The molecule has 0 aliphatic carbocycles. The van der Waals surface area contributed by atoms with E-state index in [1.165, 1.54) is 20.4 Å². The number of benzene rings is 1. The molecule has 0 saturated carbocycles. The van der Waals surface area contributed by atoms with Gasteiger partial charge in [-0.3, -0.25) is 4.79 Å². The van der Waals surface area contributed by atoms with Gasteiger partial charge in [0.25, 0.3) is 0 Å². The van der Waals surface area contributed by atoms with E-state index < -0.39 is 5.97 Å². The third-order valence-electron chi connectivity index (χ3n) is 2.14. The standard InChI is InChI=1S/C11H9ClN2O3/c1-6(15)17-10-8(16-2)4-3-7-9(10)11(12)14-5-13-7/h3-5H,1-2H3. The van der Waals surface area contributed by atoms with Crippen molar-refractivity contribution >= 4 is 28.5 Å². The highest BCUT2D eigenvalue weighted by atomic mass is 35.5. The normalized spacial score (nSPS) is 10.3. The first-order chi connectivity index (χ1) is 8.13. The second-order valence-corrected chi connectivity index (χ2v) is 3.61. The molecular weight excluding hydrogens is 244 g/mol. The molecule has 0 atom stereocenters. The number of fused-ring (bicyclic) bond motifs is 1. The van der Waals surface area contributed by atoms with Crippen molar-refractivity contribution in [3.05, 3.63) is 23.6 Å². The molecule has 1 aromatic heterocycles. The van der Waals surface area contributed by atoms with E-state index >= 15 is 0 Å². The van der Waals surface area contributed by atoms with E-state index in [1.54, 1.807) is 12.1 Å². The van der Waals surface area contributed by atoms with Crippen LogP contribution < -0.4 is 9.47 Å². The number of rotatable bonds is 2. The van der Waals surface area contributed by atoms with E-state index in [-0.39, 0.29) is 10.9 Å². The summed E-state index contributed by atoms with van der Waals surface area (Å²) in [7, 11) is 1.48. The maximum atomic E-state index is 11.1. The zero-order valence-corrected chi connectivity index (χ0v) is 9.99. The maximum Gasteiger partial charge on any atom is 0.308 e. The summed E-state index contributed by atoms with van der Waals surface area (Å²) in [4.78, 5) is 19.0. The first kappa shape index (κ1) is 11.6. The molecular formula is C11H9ClN2O3. The van der Waals surface area contributed by atoms with Gasteiger partial charge in [-0.05, 0) is 12.1 Å². The Morgan fingerprint density at radius 2 is 2.12 bits per heavy atom. The van der Waals surface area contributed by atoms with Crippen LogP contribution in [0.3, 0.4) is 0 Å². The zero-order chi connectivity index (χ0) is 12.4. The van der Waals surface area contributed by atoms with Crippen molar-refractivity contribution in [3.8, 4) is 11.5 Å². The van der Waals surface area contributed by atoms with Gasteiger partial charge in [0, 0.05) is 6.92 Å². The van der Waals surface area contributed by atoms with Crippen LogP contribution >= 0.6 is 11.6 Å². The van der Waals surface area contributed by atoms with Gasteiger partial charge in [0.1, 0.15) is 11.5 Å². The Kier molecular flexibility index (Phi) is 3.10. The summed E-state index contributed by atoms with van der Waals surface area (Å²) in [5, 5.41) is 0.675. The monoisotopic (exact) mass is 252 g/mol. The fourth-order valence-electron chi connectivity index (χ4n) is 1.47. The molecule has 2 aromatic rings. The Balaban J connectivity index is 2.77. The van der Waals surface area contributed by atoms with Crippen molar-refractivity contribution in [2.75, 3.05) is 7.11 Å². The molecule has 0 N–H and O–H groups in total. The lowest BCUT2D eigenvalue weighted by Gasteiger charge is -2.10. The summed E-state index contributed by atoms with van der Waals surface area (Å²) in [6, 6.07) is 3.37. The Labute approximate surface area is 102 Å². The topological polar surface area (TPSA) is 61.3 Å². The molecule has 0 saturated heterocycles. The van der Waals surface area contributed by atoms with Crippen molar-refractivity contribution in [2.24, 2.45) is 0 Å². The van der Waals surface area contributed by atoms with E-state index in [9.17, 15) is 4.79 Å². The number of halogens is 1. The van der Waals surface area contributed by atoms with Gasteiger partial charge in [0.15, 0.2) is 11.5 Å². The highest BCUT2D eigenvalue weighted by Crippen LogP contribution is 2.37. The molecule has 0 spiro atoms. The third kappa shape index (κ3) is 2.14. The van der Waals surface area contributed by atoms with Gasteiger partial charge in [0.05, 0.1) is 18.0 Å².